The van der Waals surface area contributed by atoms with E-state index in [1.807, 2.05) is 4.57 Å². The highest BCUT2D eigenvalue weighted by atomic mass is 35.5. The monoisotopic (exact) mass is 286 g/mol. The molecule has 1 aliphatic heterocycles. The number of aromatic nitrogens is 2. The molecule has 2 heterocycles. The number of fused-ring (bicyclic) bond motifs is 1. The fraction of sp³-hybridized carbons (Fsp3) is 0.250. The summed E-state index contributed by atoms with van der Waals surface area (Å²) in [5.41, 5.74) is 1.02. The highest BCUT2D eigenvalue weighted by Gasteiger charge is 2.29. The Morgan fingerprint density at radius 2 is 2.17 bits per heavy atom. The minimum absolute atomic E-state index is 0.0480. The summed E-state index contributed by atoms with van der Waals surface area (Å²) >= 11 is 10.8. The van der Waals surface area contributed by atoms with Crippen LogP contribution in [-0.4, -0.2) is 9.55 Å². The van der Waals surface area contributed by atoms with E-state index in [2.05, 4.69) is 4.98 Å². The van der Waals surface area contributed by atoms with Gasteiger partial charge in [-0.2, -0.15) is 0 Å². The smallest absolute Gasteiger partial charge is 0.177 e. The molecule has 0 fully saturated rings. The van der Waals surface area contributed by atoms with E-state index in [1.54, 1.807) is 6.20 Å². The lowest BCUT2D eigenvalue weighted by atomic mass is 9.96. The standard InChI is InChI=1S/C12H9ClF2N2S/c13-8-1-2-9(14)10(11(8)15)6-3-7-4-16-12(18)17(7)5-6/h1-2,4,6H,3,5H2,(H,16,18)/t6-/m0/s1. The lowest BCUT2D eigenvalue weighted by Gasteiger charge is -2.12. The van der Waals surface area contributed by atoms with Crippen LogP contribution in [0.2, 0.25) is 5.02 Å². The first-order valence-electron chi connectivity index (χ1n) is 5.48. The molecule has 1 aromatic carbocycles. The lowest BCUT2D eigenvalue weighted by Crippen LogP contribution is -2.07. The number of benzene rings is 1. The summed E-state index contributed by atoms with van der Waals surface area (Å²) in [6.45, 7) is 0.478. The van der Waals surface area contributed by atoms with E-state index in [9.17, 15) is 8.78 Å². The first-order valence-corrected chi connectivity index (χ1v) is 6.27. The molecular formula is C12H9ClF2N2S. The Balaban J connectivity index is 2.05. The highest BCUT2D eigenvalue weighted by molar-refractivity contribution is 7.71. The molecule has 18 heavy (non-hydrogen) atoms. The van der Waals surface area contributed by atoms with Gasteiger partial charge in [0.05, 0.1) is 5.02 Å². The van der Waals surface area contributed by atoms with Gasteiger partial charge < -0.3 is 9.55 Å². The van der Waals surface area contributed by atoms with Crippen LogP contribution in [0.4, 0.5) is 8.78 Å². The maximum atomic E-state index is 13.9. The molecule has 0 amide bonds. The van der Waals surface area contributed by atoms with Crippen molar-refractivity contribution in [2.24, 2.45) is 0 Å². The number of halogens is 3. The van der Waals surface area contributed by atoms with E-state index in [0.29, 0.717) is 17.7 Å². The van der Waals surface area contributed by atoms with Gasteiger partial charge in [-0.15, -0.1) is 0 Å². The molecule has 1 aromatic heterocycles. The van der Waals surface area contributed by atoms with Crippen molar-refractivity contribution in [1.82, 2.24) is 9.55 Å². The van der Waals surface area contributed by atoms with E-state index in [4.69, 9.17) is 23.8 Å². The molecule has 1 aliphatic rings. The molecule has 94 valence electrons. The van der Waals surface area contributed by atoms with Crippen LogP contribution in [0, 0.1) is 16.4 Å². The highest BCUT2D eigenvalue weighted by Crippen LogP contribution is 2.34. The van der Waals surface area contributed by atoms with Crippen molar-refractivity contribution in [3.05, 3.63) is 51.0 Å². The molecule has 0 bridgehead atoms. The first kappa shape index (κ1) is 11.9. The van der Waals surface area contributed by atoms with Gasteiger partial charge in [0.15, 0.2) is 4.77 Å². The summed E-state index contributed by atoms with van der Waals surface area (Å²) in [6.07, 6.45) is 2.34. The predicted octanol–water partition coefficient (Wildman–Crippen LogP) is 3.82. The maximum Gasteiger partial charge on any atom is 0.177 e. The van der Waals surface area contributed by atoms with Crippen molar-refractivity contribution in [3.63, 3.8) is 0 Å². The fourth-order valence-electron chi connectivity index (χ4n) is 2.45. The van der Waals surface area contributed by atoms with Crippen molar-refractivity contribution in [1.29, 1.82) is 0 Å². The van der Waals surface area contributed by atoms with Gasteiger partial charge in [-0.05, 0) is 30.8 Å². The Hall–Kier alpha value is -1.20. The average Bonchev–Trinajstić information content (AvgIpc) is 2.88. The quantitative estimate of drug-likeness (QED) is 0.624. The zero-order valence-corrected chi connectivity index (χ0v) is 10.8. The van der Waals surface area contributed by atoms with Crippen LogP contribution in [0.5, 0.6) is 0 Å². The predicted molar refractivity (Wildman–Crippen MR) is 67.4 cm³/mol. The molecular weight excluding hydrogens is 278 g/mol. The summed E-state index contributed by atoms with van der Waals surface area (Å²) in [5, 5.41) is -0.0480. The van der Waals surface area contributed by atoms with Crippen LogP contribution in [0.3, 0.4) is 0 Å². The molecule has 3 rings (SSSR count). The number of aromatic amines is 1. The summed E-state index contributed by atoms with van der Waals surface area (Å²) in [7, 11) is 0. The van der Waals surface area contributed by atoms with Gasteiger partial charge in [0.1, 0.15) is 11.6 Å². The van der Waals surface area contributed by atoms with E-state index < -0.39 is 11.6 Å². The number of hydrogen-bond acceptors (Lipinski definition) is 1. The van der Waals surface area contributed by atoms with Crippen LogP contribution in [-0.2, 0) is 13.0 Å². The Bertz CT molecular complexity index is 677. The average molecular weight is 287 g/mol. The van der Waals surface area contributed by atoms with Crippen molar-refractivity contribution >= 4 is 23.8 Å². The largest absolute Gasteiger partial charge is 0.337 e. The van der Waals surface area contributed by atoms with Crippen LogP contribution >= 0.6 is 23.8 Å². The van der Waals surface area contributed by atoms with Gasteiger partial charge in [-0.25, -0.2) is 8.78 Å². The summed E-state index contributed by atoms with van der Waals surface area (Å²) in [4.78, 5) is 2.92. The van der Waals surface area contributed by atoms with Crippen molar-refractivity contribution < 1.29 is 8.78 Å². The number of H-pyrrole nitrogens is 1. The van der Waals surface area contributed by atoms with E-state index in [-0.39, 0.29) is 16.5 Å². The molecule has 1 atom stereocenters. The third kappa shape index (κ3) is 1.69. The number of nitrogens with one attached hydrogen (secondary N) is 1. The van der Waals surface area contributed by atoms with Crippen molar-refractivity contribution in [3.8, 4) is 0 Å². The molecule has 0 aliphatic carbocycles. The van der Waals surface area contributed by atoms with Crippen molar-refractivity contribution in [2.75, 3.05) is 0 Å². The third-order valence-corrected chi connectivity index (χ3v) is 3.93. The zero-order valence-electron chi connectivity index (χ0n) is 9.21. The van der Waals surface area contributed by atoms with Gasteiger partial charge in [-0.1, -0.05) is 11.6 Å². The minimum atomic E-state index is -0.665. The summed E-state index contributed by atoms with van der Waals surface area (Å²) in [6, 6.07) is 2.44. The van der Waals surface area contributed by atoms with Gasteiger partial charge in [0.25, 0.3) is 0 Å². The summed E-state index contributed by atoms with van der Waals surface area (Å²) < 4.78 is 30.1. The SMILES string of the molecule is Fc1ccc(Cl)c(F)c1[C@H]1Cc2c[nH]c(=S)n2C1. The van der Waals surface area contributed by atoms with Crippen LogP contribution < -0.4 is 0 Å². The molecule has 6 heteroatoms. The Kier molecular flexibility index (Phi) is 2.75. The molecule has 0 unspecified atom stereocenters. The second-order valence-corrected chi connectivity index (χ2v) is 5.15. The second kappa shape index (κ2) is 4.17. The van der Waals surface area contributed by atoms with Gasteiger partial charge >= 0.3 is 0 Å². The molecule has 0 radical (unpaired) electrons. The van der Waals surface area contributed by atoms with E-state index in [1.165, 1.54) is 12.1 Å². The van der Waals surface area contributed by atoms with Crippen LogP contribution in [0.25, 0.3) is 0 Å². The Morgan fingerprint density at radius 1 is 1.39 bits per heavy atom. The van der Waals surface area contributed by atoms with Gasteiger partial charge in [0, 0.05) is 29.9 Å². The number of rotatable bonds is 1. The zero-order chi connectivity index (χ0) is 12.9. The van der Waals surface area contributed by atoms with E-state index in [0.717, 1.165) is 5.69 Å². The minimum Gasteiger partial charge on any atom is -0.337 e. The summed E-state index contributed by atoms with van der Waals surface area (Å²) in [5.74, 6) is -1.47. The van der Waals surface area contributed by atoms with Gasteiger partial charge in [-0.3, -0.25) is 0 Å². The number of nitrogens with zero attached hydrogens (tertiary/aromatic N) is 1. The molecule has 0 saturated carbocycles. The fourth-order valence-corrected chi connectivity index (χ4v) is 2.86. The third-order valence-electron chi connectivity index (χ3n) is 3.30. The maximum absolute atomic E-state index is 13.9. The van der Waals surface area contributed by atoms with Crippen LogP contribution in [0.1, 0.15) is 17.2 Å². The molecule has 2 nitrogen and oxygen atoms in total. The Labute approximate surface area is 112 Å². The Morgan fingerprint density at radius 3 is 2.89 bits per heavy atom. The second-order valence-electron chi connectivity index (χ2n) is 4.35. The first-order chi connectivity index (χ1) is 8.58. The lowest BCUT2D eigenvalue weighted by molar-refractivity contribution is 0.513. The topological polar surface area (TPSA) is 20.7 Å². The van der Waals surface area contributed by atoms with Crippen LogP contribution in [0.15, 0.2) is 18.3 Å². The van der Waals surface area contributed by atoms with Crippen molar-refractivity contribution in [2.45, 2.75) is 18.9 Å². The molecule has 2 aromatic rings. The molecule has 1 N–H and O–H groups in total. The molecule has 0 saturated heterocycles. The van der Waals surface area contributed by atoms with E-state index >= 15 is 0 Å². The van der Waals surface area contributed by atoms with Gasteiger partial charge in [0.2, 0.25) is 0 Å². The normalized spacial score (nSPS) is 18.1. The number of hydrogen-bond donors (Lipinski definition) is 1. The number of imidazole rings is 1. The molecule has 0 spiro atoms.